The van der Waals surface area contributed by atoms with Gasteiger partial charge in [0, 0.05) is 19.8 Å². The molecule has 1 rings (SSSR count). The Bertz CT molecular complexity index is 158. The number of hydrogen-bond donors (Lipinski definition) is 1. The largest absolute Gasteiger partial charge is 0.382 e. The smallest absolute Gasteiger partial charge is 0.0700 e. The Morgan fingerprint density at radius 2 is 1.88 bits per heavy atom. The Hall–Kier alpha value is -0.120. The summed E-state index contributed by atoms with van der Waals surface area (Å²) in [6.45, 7) is 2.14. The molecule has 2 N–H and O–H groups in total. The van der Waals surface area contributed by atoms with Crippen LogP contribution in [0.2, 0.25) is 0 Å². The number of methoxy groups -OCH3 is 1. The van der Waals surface area contributed by atoms with Crippen molar-refractivity contribution in [1.29, 1.82) is 0 Å². The Labute approximate surface area is 99.7 Å². The zero-order valence-corrected chi connectivity index (χ0v) is 10.6. The molecule has 0 aliphatic heterocycles. The van der Waals surface area contributed by atoms with Gasteiger partial charge >= 0.3 is 0 Å². The molecule has 1 atom stereocenters. The monoisotopic (exact) mass is 229 g/mol. The highest BCUT2D eigenvalue weighted by Gasteiger charge is 2.16. The summed E-state index contributed by atoms with van der Waals surface area (Å²) in [7, 11) is 1.69. The van der Waals surface area contributed by atoms with Crippen LogP contribution in [-0.2, 0) is 9.47 Å². The van der Waals surface area contributed by atoms with E-state index in [1.54, 1.807) is 7.11 Å². The number of nitrogens with two attached hydrogens (primary N) is 1. The minimum Gasteiger partial charge on any atom is -0.382 e. The number of hydrogen-bond acceptors (Lipinski definition) is 3. The molecule has 1 fully saturated rings. The lowest BCUT2D eigenvalue weighted by Crippen LogP contribution is -2.26. The molecule has 0 spiro atoms. The van der Waals surface area contributed by atoms with Gasteiger partial charge in [0.05, 0.1) is 13.2 Å². The van der Waals surface area contributed by atoms with Gasteiger partial charge in [-0.05, 0) is 18.8 Å². The van der Waals surface area contributed by atoms with Crippen molar-refractivity contribution >= 4 is 0 Å². The molecule has 1 saturated carbocycles. The number of rotatable bonds is 8. The lowest BCUT2D eigenvalue weighted by Gasteiger charge is -2.24. The minimum atomic E-state index is 0.325. The van der Waals surface area contributed by atoms with Crippen LogP contribution in [0.3, 0.4) is 0 Å². The summed E-state index contributed by atoms with van der Waals surface area (Å²) < 4.78 is 10.3. The van der Waals surface area contributed by atoms with Gasteiger partial charge in [0.2, 0.25) is 0 Å². The predicted octanol–water partition coefficient (Wildman–Crippen LogP) is 2.34. The SMILES string of the molecule is COCCOCCC(N)CC1CCCCC1. The molecular weight excluding hydrogens is 202 g/mol. The highest BCUT2D eigenvalue weighted by Crippen LogP contribution is 2.27. The van der Waals surface area contributed by atoms with Crippen LogP contribution in [0.15, 0.2) is 0 Å². The van der Waals surface area contributed by atoms with Gasteiger partial charge in [-0.1, -0.05) is 32.1 Å². The standard InChI is InChI=1S/C13H27NO2/c1-15-9-10-16-8-7-13(14)11-12-5-3-2-4-6-12/h12-13H,2-11,14H2,1H3. The summed E-state index contributed by atoms with van der Waals surface area (Å²) >= 11 is 0. The van der Waals surface area contributed by atoms with Crippen LogP contribution in [0.4, 0.5) is 0 Å². The van der Waals surface area contributed by atoms with E-state index in [1.807, 2.05) is 0 Å². The molecule has 0 amide bonds. The van der Waals surface area contributed by atoms with E-state index in [-0.39, 0.29) is 0 Å². The molecule has 96 valence electrons. The van der Waals surface area contributed by atoms with Crippen LogP contribution in [0.5, 0.6) is 0 Å². The third-order valence-electron chi connectivity index (χ3n) is 3.43. The van der Waals surface area contributed by atoms with E-state index in [0.717, 1.165) is 18.9 Å². The van der Waals surface area contributed by atoms with E-state index in [4.69, 9.17) is 15.2 Å². The summed E-state index contributed by atoms with van der Waals surface area (Å²) in [5, 5.41) is 0. The maximum absolute atomic E-state index is 6.11. The molecule has 1 aliphatic carbocycles. The first kappa shape index (κ1) is 13.9. The lowest BCUT2D eigenvalue weighted by atomic mass is 9.84. The molecule has 1 unspecified atom stereocenters. The average molecular weight is 229 g/mol. The van der Waals surface area contributed by atoms with Crippen LogP contribution in [0, 0.1) is 5.92 Å². The minimum absolute atomic E-state index is 0.325. The highest BCUT2D eigenvalue weighted by molar-refractivity contribution is 4.72. The molecule has 0 aromatic carbocycles. The topological polar surface area (TPSA) is 44.5 Å². The zero-order chi connectivity index (χ0) is 11.6. The molecule has 0 bridgehead atoms. The van der Waals surface area contributed by atoms with Crippen molar-refractivity contribution in [1.82, 2.24) is 0 Å². The van der Waals surface area contributed by atoms with Gasteiger partial charge in [-0.3, -0.25) is 0 Å². The second-order valence-electron chi connectivity index (χ2n) is 4.89. The summed E-state index contributed by atoms with van der Waals surface area (Å²) in [6, 6.07) is 0.325. The Morgan fingerprint density at radius 3 is 2.56 bits per heavy atom. The van der Waals surface area contributed by atoms with Crippen molar-refractivity contribution in [3.63, 3.8) is 0 Å². The van der Waals surface area contributed by atoms with Crippen LogP contribution >= 0.6 is 0 Å². The fraction of sp³-hybridized carbons (Fsp3) is 1.00. The summed E-state index contributed by atoms with van der Waals surface area (Å²) in [4.78, 5) is 0. The van der Waals surface area contributed by atoms with Crippen molar-refractivity contribution in [2.45, 2.75) is 51.0 Å². The first-order valence-corrected chi connectivity index (χ1v) is 6.65. The second-order valence-corrected chi connectivity index (χ2v) is 4.89. The fourth-order valence-electron chi connectivity index (χ4n) is 2.45. The molecule has 1 aliphatic rings. The van der Waals surface area contributed by atoms with Crippen molar-refractivity contribution in [3.8, 4) is 0 Å². The molecule has 3 nitrogen and oxygen atoms in total. The van der Waals surface area contributed by atoms with Crippen molar-refractivity contribution < 1.29 is 9.47 Å². The van der Waals surface area contributed by atoms with E-state index in [1.165, 1.54) is 38.5 Å². The predicted molar refractivity (Wildman–Crippen MR) is 66.5 cm³/mol. The summed E-state index contributed by atoms with van der Waals surface area (Å²) in [6.07, 6.45) is 9.18. The van der Waals surface area contributed by atoms with Crippen LogP contribution in [0.25, 0.3) is 0 Å². The summed E-state index contributed by atoms with van der Waals surface area (Å²) in [5.41, 5.74) is 6.11. The van der Waals surface area contributed by atoms with Gasteiger partial charge in [0.25, 0.3) is 0 Å². The molecule has 0 saturated heterocycles. The van der Waals surface area contributed by atoms with Crippen LogP contribution in [0.1, 0.15) is 44.9 Å². The Kier molecular flexibility index (Phi) is 7.81. The van der Waals surface area contributed by atoms with E-state index >= 15 is 0 Å². The van der Waals surface area contributed by atoms with Gasteiger partial charge in [0.1, 0.15) is 0 Å². The normalized spacial score (nSPS) is 19.9. The molecule has 0 aromatic rings. The van der Waals surface area contributed by atoms with Crippen LogP contribution < -0.4 is 5.73 Å². The average Bonchev–Trinajstić information content (AvgIpc) is 2.30. The maximum Gasteiger partial charge on any atom is 0.0700 e. The second kappa shape index (κ2) is 8.97. The third-order valence-corrected chi connectivity index (χ3v) is 3.43. The third kappa shape index (κ3) is 6.46. The first-order valence-electron chi connectivity index (χ1n) is 6.65. The Morgan fingerprint density at radius 1 is 1.12 bits per heavy atom. The van der Waals surface area contributed by atoms with Gasteiger partial charge in [-0.25, -0.2) is 0 Å². The molecule has 3 heteroatoms. The van der Waals surface area contributed by atoms with Crippen molar-refractivity contribution in [2.75, 3.05) is 26.9 Å². The molecular formula is C13H27NO2. The summed E-state index contributed by atoms with van der Waals surface area (Å²) in [5.74, 6) is 0.878. The van der Waals surface area contributed by atoms with Crippen molar-refractivity contribution in [3.05, 3.63) is 0 Å². The Balaban J connectivity index is 1.95. The first-order chi connectivity index (χ1) is 7.83. The van der Waals surface area contributed by atoms with Gasteiger partial charge in [-0.15, -0.1) is 0 Å². The maximum atomic E-state index is 6.11. The van der Waals surface area contributed by atoms with Gasteiger partial charge in [-0.2, -0.15) is 0 Å². The number of ether oxygens (including phenoxy) is 2. The molecule has 0 radical (unpaired) electrons. The van der Waals surface area contributed by atoms with Crippen molar-refractivity contribution in [2.24, 2.45) is 11.7 Å². The van der Waals surface area contributed by atoms with E-state index < -0.39 is 0 Å². The van der Waals surface area contributed by atoms with Gasteiger partial charge in [0.15, 0.2) is 0 Å². The molecule has 16 heavy (non-hydrogen) atoms. The highest BCUT2D eigenvalue weighted by atomic mass is 16.5. The quantitative estimate of drug-likeness (QED) is 0.650. The molecule has 0 aromatic heterocycles. The zero-order valence-electron chi connectivity index (χ0n) is 10.6. The lowest BCUT2D eigenvalue weighted by molar-refractivity contribution is 0.0660. The van der Waals surface area contributed by atoms with E-state index in [9.17, 15) is 0 Å². The van der Waals surface area contributed by atoms with E-state index in [0.29, 0.717) is 19.3 Å². The van der Waals surface area contributed by atoms with Gasteiger partial charge < -0.3 is 15.2 Å². The van der Waals surface area contributed by atoms with Crippen LogP contribution in [-0.4, -0.2) is 33.0 Å². The fourth-order valence-corrected chi connectivity index (χ4v) is 2.45. The molecule has 0 heterocycles. The van der Waals surface area contributed by atoms with E-state index in [2.05, 4.69) is 0 Å².